The van der Waals surface area contributed by atoms with Gasteiger partial charge in [0, 0.05) is 30.4 Å². The van der Waals surface area contributed by atoms with Crippen molar-refractivity contribution in [1.29, 1.82) is 0 Å². The third kappa shape index (κ3) is 5.00. The first-order valence-electron chi connectivity index (χ1n) is 10.3. The molecule has 0 unspecified atom stereocenters. The molecule has 1 aromatic carbocycles. The van der Waals surface area contributed by atoms with E-state index in [2.05, 4.69) is 5.32 Å². The molecule has 0 spiro atoms. The molecule has 1 saturated carbocycles. The van der Waals surface area contributed by atoms with Gasteiger partial charge in [0.25, 0.3) is 0 Å². The van der Waals surface area contributed by atoms with Gasteiger partial charge in [-0.15, -0.1) is 0 Å². The summed E-state index contributed by atoms with van der Waals surface area (Å²) in [5, 5.41) is 3.13. The molecule has 0 radical (unpaired) electrons. The van der Waals surface area contributed by atoms with Crippen LogP contribution in [0.2, 0.25) is 0 Å². The van der Waals surface area contributed by atoms with Crippen molar-refractivity contribution >= 4 is 11.9 Å². The Labute approximate surface area is 172 Å². The van der Waals surface area contributed by atoms with E-state index in [0.29, 0.717) is 31.2 Å². The molecule has 6 heteroatoms. The number of aromatic nitrogens is 1. The van der Waals surface area contributed by atoms with E-state index in [4.69, 9.17) is 9.47 Å². The number of benzene rings is 1. The summed E-state index contributed by atoms with van der Waals surface area (Å²) in [6, 6.07) is 9.85. The van der Waals surface area contributed by atoms with Crippen molar-refractivity contribution in [3.05, 3.63) is 41.6 Å². The van der Waals surface area contributed by atoms with Crippen LogP contribution in [-0.2, 0) is 16.1 Å². The second-order valence-electron chi connectivity index (χ2n) is 7.43. The normalized spacial score (nSPS) is 14.0. The number of rotatable bonds is 8. The number of amides is 1. The highest BCUT2D eigenvalue weighted by Crippen LogP contribution is 2.28. The van der Waals surface area contributed by atoms with Crippen molar-refractivity contribution in [2.45, 2.75) is 58.5 Å². The van der Waals surface area contributed by atoms with Crippen LogP contribution < -0.4 is 10.1 Å². The van der Waals surface area contributed by atoms with Gasteiger partial charge in [0.1, 0.15) is 5.75 Å². The fraction of sp³-hybridized carbons (Fsp3) is 0.478. The van der Waals surface area contributed by atoms with E-state index in [1.807, 2.05) is 41.8 Å². The van der Waals surface area contributed by atoms with Crippen LogP contribution in [0.25, 0.3) is 11.3 Å². The Hall–Kier alpha value is -2.76. The number of nitrogens with zero attached hydrogens (tertiary/aromatic N) is 1. The summed E-state index contributed by atoms with van der Waals surface area (Å²) in [4.78, 5) is 24.8. The zero-order valence-electron chi connectivity index (χ0n) is 17.5. The van der Waals surface area contributed by atoms with E-state index < -0.39 is 0 Å². The fourth-order valence-electron chi connectivity index (χ4n) is 3.93. The van der Waals surface area contributed by atoms with E-state index in [0.717, 1.165) is 35.5 Å². The number of esters is 1. The molecule has 1 aromatic heterocycles. The minimum Gasteiger partial charge on any atom is -0.497 e. The maximum absolute atomic E-state index is 12.4. The Morgan fingerprint density at radius 1 is 1.17 bits per heavy atom. The Morgan fingerprint density at radius 2 is 1.86 bits per heavy atom. The van der Waals surface area contributed by atoms with Gasteiger partial charge >= 0.3 is 5.97 Å². The fourth-order valence-corrected chi connectivity index (χ4v) is 3.93. The molecular formula is C23H30N2O4. The largest absolute Gasteiger partial charge is 0.497 e. The molecule has 2 aromatic rings. The molecular weight excluding hydrogens is 368 g/mol. The number of methoxy groups -OCH3 is 1. The molecule has 3 rings (SSSR count). The summed E-state index contributed by atoms with van der Waals surface area (Å²) in [7, 11) is 1.63. The number of ether oxygens (including phenoxy) is 2. The smallest absolute Gasteiger partial charge is 0.339 e. The van der Waals surface area contributed by atoms with E-state index in [1.54, 1.807) is 14.0 Å². The zero-order chi connectivity index (χ0) is 20.8. The van der Waals surface area contributed by atoms with Crippen LogP contribution >= 0.6 is 0 Å². The average molecular weight is 399 g/mol. The second-order valence-corrected chi connectivity index (χ2v) is 7.43. The SMILES string of the molecule is CCOC(=O)c1cc(-c2ccc(OC)cc2)n(CCC(=O)NC2CCCC2)c1C. The molecule has 0 atom stereocenters. The van der Waals surface area contributed by atoms with Crippen molar-refractivity contribution in [3.63, 3.8) is 0 Å². The van der Waals surface area contributed by atoms with Gasteiger partial charge in [-0.25, -0.2) is 4.79 Å². The molecule has 1 heterocycles. The molecule has 1 N–H and O–H groups in total. The maximum Gasteiger partial charge on any atom is 0.339 e. The average Bonchev–Trinajstić information content (AvgIpc) is 3.34. The number of hydrogen-bond donors (Lipinski definition) is 1. The minimum atomic E-state index is -0.339. The van der Waals surface area contributed by atoms with Crippen molar-refractivity contribution < 1.29 is 19.1 Å². The summed E-state index contributed by atoms with van der Waals surface area (Å²) in [5.41, 5.74) is 3.19. The quantitative estimate of drug-likeness (QED) is 0.680. The first-order chi connectivity index (χ1) is 14.0. The molecule has 1 fully saturated rings. The Kier molecular flexibility index (Phi) is 6.96. The van der Waals surface area contributed by atoms with Crippen LogP contribution in [-0.4, -0.2) is 36.2 Å². The highest BCUT2D eigenvalue weighted by Gasteiger charge is 2.21. The predicted octanol–water partition coefficient (Wildman–Crippen LogP) is 4.10. The molecule has 6 nitrogen and oxygen atoms in total. The van der Waals surface area contributed by atoms with Gasteiger partial charge < -0.3 is 19.4 Å². The number of hydrogen-bond acceptors (Lipinski definition) is 4. The predicted molar refractivity (Wildman–Crippen MR) is 112 cm³/mol. The van der Waals surface area contributed by atoms with E-state index in [1.165, 1.54) is 12.8 Å². The number of nitrogens with one attached hydrogen (secondary N) is 1. The molecule has 0 bridgehead atoms. The Balaban J connectivity index is 1.83. The Bertz CT molecular complexity index is 849. The third-order valence-corrected chi connectivity index (χ3v) is 5.53. The van der Waals surface area contributed by atoms with Crippen LogP contribution in [0.15, 0.2) is 30.3 Å². The van der Waals surface area contributed by atoms with Gasteiger partial charge in [-0.1, -0.05) is 12.8 Å². The lowest BCUT2D eigenvalue weighted by Crippen LogP contribution is -2.33. The number of carbonyl (C=O) groups excluding carboxylic acids is 2. The summed E-state index contributed by atoms with van der Waals surface area (Å²) < 4.78 is 12.5. The van der Waals surface area contributed by atoms with E-state index >= 15 is 0 Å². The van der Waals surface area contributed by atoms with Gasteiger partial charge in [-0.3, -0.25) is 4.79 Å². The molecule has 29 heavy (non-hydrogen) atoms. The molecule has 0 saturated heterocycles. The van der Waals surface area contributed by atoms with Gasteiger partial charge in [0.05, 0.1) is 19.3 Å². The lowest BCUT2D eigenvalue weighted by Gasteiger charge is -2.15. The van der Waals surface area contributed by atoms with Crippen LogP contribution in [0.1, 0.15) is 55.1 Å². The zero-order valence-corrected chi connectivity index (χ0v) is 17.5. The standard InChI is InChI=1S/C23H30N2O4/c1-4-29-23(27)20-15-21(17-9-11-19(28-3)12-10-17)25(16(20)2)14-13-22(26)24-18-7-5-6-8-18/h9-12,15,18H,4-8,13-14H2,1-3H3,(H,24,26). The first-order valence-corrected chi connectivity index (χ1v) is 10.3. The lowest BCUT2D eigenvalue weighted by atomic mass is 10.1. The van der Waals surface area contributed by atoms with Crippen LogP contribution in [0.4, 0.5) is 0 Å². The topological polar surface area (TPSA) is 69.6 Å². The van der Waals surface area contributed by atoms with E-state index in [9.17, 15) is 9.59 Å². The van der Waals surface area contributed by atoms with E-state index in [-0.39, 0.29) is 11.9 Å². The molecule has 0 aliphatic heterocycles. The summed E-state index contributed by atoms with van der Waals surface area (Å²) in [6.07, 6.45) is 4.88. The molecule has 156 valence electrons. The summed E-state index contributed by atoms with van der Waals surface area (Å²) in [6.45, 7) is 4.52. The maximum atomic E-state index is 12.4. The van der Waals surface area contributed by atoms with Crippen molar-refractivity contribution in [2.75, 3.05) is 13.7 Å². The highest BCUT2D eigenvalue weighted by atomic mass is 16.5. The second kappa shape index (κ2) is 9.63. The third-order valence-electron chi connectivity index (χ3n) is 5.53. The molecule has 1 aliphatic rings. The van der Waals surface area contributed by atoms with Gasteiger partial charge in [-0.2, -0.15) is 0 Å². The first kappa shape index (κ1) is 21.0. The van der Waals surface area contributed by atoms with Crippen molar-refractivity contribution in [1.82, 2.24) is 9.88 Å². The summed E-state index contributed by atoms with van der Waals surface area (Å²) in [5.74, 6) is 0.488. The van der Waals surface area contributed by atoms with Crippen LogP contribution in [0.3, 0.4) is 0 Å². The summed E-state index contributed by atoms with van der Waals surface area (Å²) >= 11 is 0. The number of carbonyl (C=O) groups is 2. The van der Waals surface area contributed by atoms with Crippen LogP contribution in [0.5, 0.6) is 5.75 Å². The minimum absolute atomic E-state index is 0.0587. The lowest BCUT2D eigenvalue weighted by molar-refractivity contribution is -0.122. The molecule has 1 aliphatic carbocycles. The monoisotopic (exact) mass is 398 g/mol. The van der Waals surface area contributed by atoms with Gasteiger partial charge in [-0.05, 0) is 62.6 Å². The van der Waals surface area contributed by atoms with Crippen molar-refractivity contribution in [2.24, 2.45) is 0 Å². The van der Waals surface area contributed by atoms with Gasteiger partial charge in [0.2, 0.25) is 5.91 Å². The Morgan fingerprint density at radius 3 is 2.48 bits per heavy atom. The van der Waals surface area contributed by atoms with Crippen LogP contribution in [0, 0.1) is 6.92 Å². The highest BCUT2D eigenvalue weighted by molar-refractivity contribution is 5.92. The van der Waals surface area contributed by atoms with Gasteiger partial charge in [0.15, 0.2) is 0 Å². The molecule has 1 amide bonds. The van der Waals surface area contributed by atoms with Crippen molar-refractivity contribution in [3.8, 4) is 17.0 Å².